The number of guanidine groups is 1. The largest absolute Gasteiger partial charge is 0.378 e. The highest BCUT2D eigenvalue weighted by molar-refractivity contribution is 6.31. The van der Waals surface area contributed by atoms with Crippen molar-refractivity contribution < 1.29 is 9.13 Å². The summed E-state index contributed by atoms with van der Waals surface area (Å²) in [5.74, 6) is 0.307. The molecule has 2 atom stereocenters. The average molecular weight is 298 g/mol. The molecule has 0 spiro atoms. The third-order valence-electron chi connectivity index (χ3n) is 3.76. The molecule has 20 heavy (non-hydrogen) atoms. The molecule has 2 fully saturated rings. The molecule has 2 N–H and O–H groups in total. The first kappa shape index (κ1) is 13.6. The predicted octanol–water partition coefficient (Wildman–Crippen LogP) is 1.98. The van der Waals surface area contributed by atoms with Crippen molar-refractivity contribution in [1.29, 1.82) is 0 Å². The zero-order valence-corrected chi connectivity index (χ0v) is 11.8. The van der Waals surface area contributed by atoms with Crippen LogP contribution in [0.15, 0.2) is 23.2 Å². The summed E-state index contributed by atoms with van der Waals surface area (Å²) < 4.78 is 19.1. The van der Waals surface area contributed by atoms with Crippen LogP contribution in [0.25, 0.3) is 0 Å². The van der Waals surface area contributed by atoms with Gasteiger partial charge in [-0.25, -0.2) is 9.38 Å². The molecule has 0 aromatic heterocycles. The van der Waals surface area contributed by atoms with E-state index in [0.29, 0.717) is 29.8 Å². The molecule has 1 aromatic carbocycles. The Balaban J connectivity index is 1.69. The summed E-state index contributed by atoms with van der Waals surface area (Å²) in [5.41, 5.74) is 6.57. The van der Waals surface area contributed by atoms with Crippen molar-refractivity contribution in [2.24, 2.45) is 10.7 Å². The highest BCUT2D eigenvalue weighted by atomic mass is 35.5. The minimum Gasteiger partial charge on any atom is -0.378 e. The molecular weight excluding hydrogens is 281 g/mol. The molecule has 4 nitrogen and oxygen atoms in total. The summed E-state index contributed by atoms with van der Waals surface area (Å²) in [6.07, 6.45) is 0.797. The second-order valence-corrected chi connectivity index (χ2v) is 5.54. The quantitative estimate of drug-likeness (QED) is 0.671. The van der Waals surface area contributed by atoms with Crippen molar-refractivity contribution in [2.75, 3.05) is 26.3 Å². The fraction of sp³-hybridized carbons (Fsp3) is 0.500. The van der Waals surface area contributed by atoms with E-state index < -0.39 is 0 Å². The molecule has 1 aromatic rings. The number of rotatable bonds is 2. The fourth-order valence-corrected chi connectivity index (χ4v) is 2.85. The van der Waals surface area contributed by atoms with Crippen molar-refractivity contribution in [2.45, 2.75) is 18.4 Å². The van der Waals surface area contributed by atoms with Gasteiger partial charge in [0, 0.05) is 29.6 Å². The van der Waals surface area contributed by atoms with Crippen LogP contribution in [-0.4, -0.2) is 43.2 Å². The van der Waals surface area contributed by atoms with E-state index in [9.17, 15) is 4.39 Å². The number of aliphatic imine (C=N–C) groups is 1. The Bertz CT molecular complexity index is 511. The van der Waals surface area contributed by atoms with Gasteiger partial charge in [0.2, 0.25) is 0 Å². The molecule has 1 aliphatic carbocycles. The zero-order valence-electron chi connectivity index (χ0n) is 11.1. The summed E-state index contributed by atoms with van der Waals surface area (Å²) in [4.78, 5) is 6.49. The Kier molecular flexibility index (Phi) is 3.81. The van der Waals surface area contributed by atoms with E-state index in [-0.39, 0.29) is 17.8 Å². The first-order valence-corrected chi connectivity index (χ1v) is 7.14. The Morgan fingerprint density at radius 1 is 1.40 bits per heavy atom. The zero-order chi connectivity index (χ0) is 14.1. The summed E-state index contributed by atoms with van der Waals surface area (Å²) in [6.45, 7) is 2.85. The molecule has 0 radical (unpaired) electrons. The van der Waals surface area contributed by atoms with E-state index in [1.807, 2.05) is 4.90 Å². The summed E-state index contributed by atoms with van der Waals surface area (Å²) >= 11 is 6.07. The van der Waals surface area contributed by atoms with Gasteiger partial charge in [-0.2, -0.15) is 0 Å². The van der Waals surface area contributed by atoms with Gasteiger partial charge in [0.1, 0.15) is 5.82 Å². The third kappa shape index (κ3) is 2.74. The number of nitrogens with two attached hydrogens (primary N) is 1. The molecular formula is C14H17ClFN3O. The third-order valence-corrected chi connectivity index (χ3v) is 4.09. The number of hydrogen-bond donors (Lipinski definition) is 1. The monoisotopic (exact) mass is 297 g/mol. The number of ether oxygens (including phenoxy) is 1. The molecule has 108 valence electrons. The van der Waals surface area contributed by atoms with Crippen molar-refractivity contribution in [3.8, 4) is 0 Å². The summed E-state index contributed by atoms with van der Waals surface area (Å²) in [6, 6.07) is 4.80. The molecule has 1 saturated heterocycles. The Labute approximate surface area is 122 Å². The lowest BCUT2D eigenvalue weighted by Gasteiger charge is -2.27. The standard InChI is InChI=1S/C14H17ClFN3O/c15-10-2-1-3-11(16)13(10)9-8-12(9)18-14(17)19-4-6-20-7-5-19/h1-3,9,12H,4-8H2,(H2,17,18)/t9-,12-/m1/s1. The summed E-state index contributed by atoms with van der Waals surface area (Å²) in [5, 5.41) is 0.470. The average Bonchev–Trinajstić information content (AvgIpc) is 3.18. The van der Waals surface area contributed by atoms with Crippen LogP contribution in [-0.2, 0) is 4.74 Å². The van der Waals surface area contributed by atoms with Crippen molar-refractivity contribution in [3.63, 3.8) is 0 Å². The van der Waals surface area contributed by atoms with Gasteiger partial charge < -0.3 is 15.4 Å². The van der Waals surface area contributed by atoms with Crippen molar-refractivity contribution >= 4 is 17.6 Å². The van der Waals surface area contributed by atoms with Crippen LogP contribution < -0.4 is 5.73 Å². The number of hydrogen-bond acceptors (Lipinski definition) is 2. The predicted molar refractivity (Wildman–Crippen MR) is 76.6 cm³/mol. The Morgan fingerprint density at radius 2 is 2.15 bits per heavy atom. The maximum Gasteiger partial charge on any atom is 0.191 e. The van der Waals surface area contributed by atoms with Crippen LogP contribution in [0.3, 0.4) is 0 Å². The second-order valence-electron chi connectivity index (χ2n) is 5.13. The van der Waals surface area contributed by atoms with Gasteiger partial charge in [-0.3, -0.25) is 0 Å². The van der Waals surface area contributed by atoms with Crippen molar-refractivity contribution in [1.82, 2.24) is 4.90 Å². The van der Waals surface area contributed by atoms with Gasteiger partial charge in [-0.05, 0) is 18.6 Å². The van der Waals surface area contributed by atoms with E-state index in [1.165, 1.54) is 6.07 Å². The first-order valence-electron chi connectivity index (χ1n) is 6.76. The van der Waals surface area contributed by atoms with Gasteiger partial charge in [0.05, 0.1) is 19.3 Å². The first-order chi connectivity index (χ1) is 9.66. The molecule has 1 saturated carbocycles. The molecule has 3 rings (SSSR count). The van der Waals surface area contributed by atoms with Gasteiger partial charge in [0.15, 0.2) is 5.96 Å². The molecule has 1 aliphatic heterocycles. The van der Waals surface area contributed by atoms with Gasteiger partial charge in [0.25, 0.3) is 0 Å². The van der Waals surface area contributed by atoms with Crippen LogP contribution >= 0.6 is 11.6 Å². The summed E-state index contributed by atoms with van der Waals surface area (Å²) in [7, 11) is 0. The highest BCUT2D eigenvalue weighted by Gasteiger charge is 2.41. The minimum atomic E-state index is -0.259. The molecule has 0 unspecified atom stereocenters. The van der Waals surface area contributed by atoms with E-state index in [4.69, 9.17) is 22.1 Å². The molecule has 0 amide bonds. The number of halogens is 2. The number of morpholine rings is 1. The number of benzene rings is 1. The van der Waals surface area contributed by atoms with Crippen LogP contribution in [0.1, 0.15) is 17.9 Å². The second kappa shape index (κ2) is 5.58. The number of nitrogens with zero attached hydrogens (tertiary/aromatic N) is 2. The van der Waals surface area contributed by atoms with Gasteiger partial charge >= 0.3 is 0 Å². The molecule has 1 heterocycles. The van der Waals surface area contributed by atoms with Crippen LogP contribution in [0.2, 0.25) is 5.02 Å². The smallest absolute Gasteiger partial charge is 0.191 e. The molecule has 0 bridgehead atoms. The fourth-order valence-electron chi connectivity index (χ4n) is 2.54. The Morgan fingerprint density at radius 3 is 2.85 bits per heavy atom. The maximum atomic E-state index is 13.8. The van der Waals surface area contributed by atoms with E-state index in [0.717, 1.165) is 19.5 Å². The molecule has 6 heteroatoms. The highest BCUT2D eigenvalue weighted by Crippen LogP contribution is 2.47. The van der Waals surface area contributed by atoms with Crippen molar-refractivity contribution in [3.05, 3.63) is 34.6 Å². The van der Waals surface area contributed by atoms with E-state index >= 15 is 0 Å². The normalized spacial score (nSPS) is 26.7. The Hall–Kier alpha value is -1.33. The van der Waals surface area contributed by atoms with Gasteiger partial charge in [-0.1, -0.05) is 17.7 Å². The SMILES string of the molecule is NC(=N[C@@H]1C[C@H]1c1c(F)cccc1Cl)N1CCOCC1. The van der Waals surface area contributed by atoms with Crippen LogP contribution in [0.4, 0.5) is 4.39 Å². The lowest BCUT2D eigenvalue weighted by atomic mass is 10.1. The van der Waals surface area contributed by atoms with Crippen LogP contribution in [0, 0.1) is 5.82 Å². The van der Waals surface area contributed by atoms with E-state index in [1.54, 1.807) is 12.1 Å². The topological polar surface area (TPSA) is 50.8 Å². The lowest BCUT2D eigenvalue weighted by molar-refractivity contribution is 0.0674. The molecule has 2 aliphatic rings. The minimum absolute atomic E-state index is 0.0345. The lowest BCUT2D eigenvalue weighted by Crippen LogP contribution is -2.45. The van der Waals surface area contributed by atoms with Crippen LogP contribution in [0.5, 0.6) is 0 Å². The van der Waals surface area contributed by atoms with E-state index in [2.05, 4.69) is 4.99 Å². The van der Waals surface area contributed by atoms with Gasteiger partial charge in [-0.15, -0.1) is 0 Å². The maximum absolute atomic E-state index is 13.8.